The van der Waals surface area contributed by atoms with E-state index in [0.29, 0.717) is 5.56 Å². The van der Waals surface area contributed by atoms with E-state index < -0.39 is 11.6 Å². The molecule has 0 saturated heterocycles. The van der Waals surface area contributed by atoms with Crippen molar-refractivity contribution in [1.29, 1.82) is 0 Å². The zero-order valence-electron chi connectivity index (χ0n) is 7.25. The average molecular weight is 204 g/mol. The van der Waals surface area contributed by atoms with E-state index in [2.05, 4.69) is 6.92 Å². The number of phenolic OH excluding ortho intramolecular Hbond substituents is 1. The number of phenols is 1. The summed E-state index contributed by atoms with van der Waals surface area (Å²) in [5, 5.41) is 7.47. The number of aromatic hydroxyl groups is 1. The van der Waals surface area contributed by atoms with E-state index in [1.165, 1.54) is 12.1 Å². The Balaban J connectivity index is 3.10. The molecule has 0 aliphatic rings. The Morgan fingerprint density at radius 3 is 2.57 bits per heavy atom. The fourth-order valence-corrected chi connectivity index (χ4v) is 1.14. The molecule has 77 valence electrons. The normalized spacial score (nSPS) is 13.2. The van der Waals surface area contributed by atoms with E-state index in [1.54, 1.807) is 0 Å². The van der Waals surface area contributed by atoms with Crippen LogP contribution in [0.5, 0.6) is 5.75 Å². The predicted octanol–water partition coefficient (Wildman–Crippen LogP) is 2.81. The molecule has 0 heterocycles. The lowest BCUT2D eigenvalue weighted by atomic mass is 10.0. The topological polar surface area (TPSA) is 23.5 Å². The van der Waals surface area contributed by atoms with Gasteiger partial charge in [0, 0.05) is 5.56 Å². The summed E-state index contributed by atoms with van der Waals surface area (Å²) in [6.45, 7) is 3.48. The number of rotatable bonds is 3. The largest absolute Gasteiger partial charge is 0.508 e. The minimum Gasteiger partial charge on any atom is -0.508 e. The monoisotopic (exact) mass is 204 g/mol. The van der Waals surface area contributed by atoms with Crippen molar-refractivity contribution in [3.8, 4) is 5.75 Å². The minimum absolute atomic E-state index is 0.184. The highest BCUT2D eigenvalue weighted by atomic mass is 19.4. The Morgan fingerprint density at radius 2 is 2.07 bits per heavy atom. The van der Waals surface area contributed by atoms with Gasteiger partial charge in [0.25, 0.3) is 0 Å². The summed E-state index contributed by atoms with van der Waals surface area (Å²) >= 11 is 0. The van der Waals surface area contributed by atoms with Crippen molar-refractivity contribution < 1.29 is 18.5 Å². The molecule has 1 rings (SSSR count). The van der Waals surface area contributed by atoms with Gasteiger partial charge in [0.15, 0.2) is 0 Å². The molecule has 0 saturated carbocycles. The van der Waals surface area contributed by atoms with E-state index in [4.69, 9.17) is 5.11 Å². The summed E-state index contributed by atoms with van der Waals surface area (Å²) in [7, 11) is 0. The van der Waals surface area contributed by atoms with Crippen molar-refractivity contribution in [2.75, 3.05) is 0 Å². The van der Waals surface area contributed by atoms with Crippen LogP contribution in [-0.4, -0.2) is 10.5 Å². The molecule has 0 bridgehead atoms. The number of alkyl halides is 1. The van der Waals surface area contributed by atoms with Crippen LogP contribution in [0.2, 0.25) is 0 Å². The van der Waals surface area contributed by atoms with E-state index in [1.807, 2.05) is 0 Å². The molecule has 14 heavy (non-hydrogen) atoms. The Kier molecular flexibility index (Phi) is 3.35. The van der Waals surface area contributed by atoms with Crippen LogP contribution in [0.25, 0.3) is 0 Å². The fourth-order valence-electron chi connectivity index (χ4n) is 1.14. The van der Waals surface area contributed by atoms with Crippen LogP contribution in [-0.2, 0) is 6.42 Å². The van der Waals surface area contributed by atoms with Crippen LogP contribution in [0.4, 0.5) is 13.4 Å². The average Bonchev–Trinajstić information content (AvgIpc) is 2.16. The van der Waals surface area contributed by atoms with Crippen molar-refractivity contribution in [1.82, 2.24) is 5.34 Å². The second-order valence-electron chi connectivity index (χ2n) is 2.73. The van der Waals surface area contributed by atoms with E-state index in [-0.39, 0.29) is 17.7 Å². The van der Waals surface area contributed by atoms with Gasteiger partial charge in [-0.3, -0.25) is 0 Å². The maximum Gasteiger partial charge on any atom is 0.237 e. The van der Waals surface area contributed by atoms with Crippen molar-refractivity contribution >= 4 is 0 Å². The van der Waals surface area contributed by atoms with Gasteiger partial charge in [0.05, 0.1) is 5.34 Å². The molecule has 1 aromatic carbocycles. The smallest absolute Gasteiger partial charge is 0.237 e. The fraction of sp³-hybridized carbons (Fsp3) is 0.222. The number of hydrogen-bond donors (Lipinski definition) is 1. The van der Waals surface area contributed by atoms with Crippen LogP contribution in [0.15, 0.2) is 18.2 Å². The molecule has 0 aliphatic heterocycles. The van der Waals surface area contributed by atoms with E-state index in [0.717, 1.165) is 6.07 Å². The summed E-state index contributed by atoms with van der Waals surface area (Å²) in [4.78, 5) is 0. The summed E-state index contributed by atoms with van der Waals surface area (Å²) in [5.41, 5.74) is 0.0839. The molecular formula is C9H9F3NO. The molecule has 2 nitrogen and oxygen atoms in total. The Labute approximate surface area is 79.4 Å². The molecule has 1 aromatic rings. The van der Waals surface area contributed by atoms with Crippen molar-refractivity contribution in [2.24, 2.45) is 0 Å². The number of benzene rings is 1. The van der Waals surface area contributed by atoms with Crippen LogP contribution in [0.3, 0.4) is 0 Å². The van der Waals surface area contributed by atoms with Gasteiger partial charge in [0.1, 0.15) is 5.75 Å². The van der Waals surface area contributed by atoms with Crippen LogP contribution < -0.4 is 0 Å². The standard InChI is InChI=1S/C9H9F3NO/c1-2-6-3-4-7(14)5-8(6)9(10)13(11)12/h3-5,9,14H,1-2H2. The third-order valence-corrected chi connectivity index (χ3v) is 1.83. The van der Waals surface area contributed by atoms with Gasteiger partial charge in [-0.25, -0.2) is 4.39 Å². The van der Waals surface area contributed by atoms with Gasteiger partial charge in [0.2, 0.25) is 6.30 Å². The van der Waals surface area contributed by atoms with Gasteiger partial charge in [-0.15, -0.1) is 0 Å². The molecule has 0 spiro atoms. The van der Waals surface area contributed by atoms with Gasteiger partial charge in [-0.2, -0.15) is 0 Å². The summed E-state index contributed by atoms with van der Waals surface area (Å²) in [6, 6.07) is 3.64. The highest BCUT2D eigenvalue weighted by Crippen LogP contribution is 2.29. The van der Waals surface area contributed by atoms with Gasteiger partial charge in [-0.05, 0) is 31.0 Å². The predicted molar refractivity (Wildman–Crippen MR) is 45.1 cm³/mol. The minimum atomic E-state index is -2.53. The van der Waals surface area contributed by atoms with E-state index >= 15 is 0 Å². The SMILES string of the molecule is [CH2]Cc1ccc(O)cc1C(F)N(F)F. The Morgan fingerprint density at radius 1 is 1.43 bits per heavy atom. The summed E-state index contributed by atoms with van der Waals surface area (Å²) in [6.07, 6.45) is -2.34. The number of halogens is 3. The molecule has 0 amide bonds. The lowest BCUT2D eigenvalue weighted by molar-refractivity contribution is -0.226. The second-order valence-corrected chi connectivity index (χ2v) is 2.73. The summed E-state index contributed by atoms with van der Waals surface area (Å²) in [5.74, 6) is -0.248. The quantitative estimate of drug-likeness (QED) is 0.604. The molecule has 0 aromatic heterocycles. The third kappa shape index (κ3) is 2.17. The van der Waals surface area contributed by atoms with Crippen molar-refractivity contribution in [3.63, 3.8) is 0 Å². The second kappa shape index (κ2) is 4.32. The third-order valence-electron chi connectivity index (χ3n) is 1.83. The number of hydrogen-bond acceptors (Lipinski definition) is 2. The lowest BCUT2D eigenvalue weighted by Gasteiger charge is -2.12. The van der Waals surface area contributed by atoms with Crippen LogP contribution >= 0.6 is 0 Å². The maximum absolute atomic E-state index is 12.9. The zero-order valence-corrected chi connectivity index (χ0v) is 7.25. The Hall–Kier alpha value is -1.23. The zero-order chi connectivity index (χ0) is 10.7. The first-order chi connectivity index (χ1) is 6.56. The molecule has 0 fully saturated rings. The van der Waals surface area contributed by atoms with Gasteiger partial charge >= 0.3 is 0 Å². The molecule has 0 aliphatic carbocycles. The van der Waals surface area contributed by atoms with Crippen LogP contribution in [0, 0.1) is 6.92 Å². The van der Waals surface area contributed by atoms with Gasteiger partial charge in [-0.1, -0.05) is 15.0 Å². The molecule has 1 radical (unpaired) electrons. The van der Waals surface area contributed by atoms with Crippen LogP contribution in [0.1, 0.15) is 17.4 Å². The molecule has 1 atom stereocenters. The van der Waals surface area contributed by atoms with Gasteiger partial charge < -0.3 is 5.11 Å². The molecule has 1 N–H and O–H groups in total. The number of nitrogens with zero attached hydrogens (tertiary/aromatic N) is 1. The highest BCUT2D eigenvalue weighted by molar-refractivity contribution is 5.36. The first-order valence-electron chi connectivity index (χ1n) is 3.92. The molecular weight excluding hydrogens is 195 g/mol. The first kappa shape index (κ1) is 10.8. The highest BCUT2D eigenvalue weighted by Gasteiger charge is 2.22. The van der Waals surface area contributed by atoms with Crippen molar-refractivity contribution in [2.45, 2.75) is 12.7 Å². The molecule has 1 unspecified atom stereocenters. The maximum atomic E-state index is 12.9. The van der Waals surface area contributed by atoms with E-state index in [9.17, 15) is 13.4 Å². The Bertz CT molecular complexity index is 317. The molecule has 5 heteroatoms. The first-order valence-corrected chi connectivity index (χ1v) is 3.92. The van der Waals surface area contributed by atoms with Crippen molar-refractivity contribution in [3.05, 3.63) is 36.2 Å². The summed E-state index contributed by atoms with van der Waals surface area (Å²) < 4.78 is 36.8. The lowest BCUT2D eigenvalue weighted by Crippen LogP contribution is -2.09.